The first-order valence-corrected chi connectivity index (χ1v) is 6.81. The Morgan fingerprint density at radius 1 is 1.45 bits per heavy atom. The molecule has 1 aromatic carbocycles. The molecule has 0 unspecified atom stereocenters. The fourth-order valence-corrected chi connectivity index (χ4v) is 2.01. The van der Waals surface area contributed by atoms with E-state index in [2.05, 4.69) is 21.2 Å². The Morgan fingerprint density at radius 3 is 2.90 bits per heavy atom. The van der Waals surface area contributed by atoms with Gasteiger partial charge in [0.05, 0.1) is 12.8 Å². The van der Waals surface area contributed by atoms with Crippen LogP contribution in [-0.4, -0.2) is 18.0 Å². The van der Waals surface area contributed by atoms with Crippen molar-refractivity contribution in [2.45, 2.75) is 13.1 Å². The minimum absolute atomic E-state index is 0.139. The summed E-state index contributed by atoms with van der Waals surface area (Å²) in [5.41, 5.74) is 0.438. The third-order valence-electron chi connectivity index (χ3n) is 2.76. The molecule has 1 N–H and O–H groups in total. The van der Waals surface area contributed by atoms with Crippen LogP contribution >= 0.6 is 15.9 Å². The van der Waals surface area contributed by atoms with Crippen molar-refractivity contribution in [3.8, 4) is 0 Å². The van der Waals surface area contributed by atoms with Crippen LogP contribution in [0.5, 0.6) is 0 Å². The lowest BCUT2D eigenvalue weighted by atomic mass is 10.2. The second-order valence-electron chi connectivity index (χ2n) is 4.33. The molecule has 0 aliphatic heterocycles. The maximum absolute atomic E-state index is 13.6. The minimum Gasteiger partial charge on any atom is -0.467 e. The van der Waals surface area contributed by atoms with Crippen molar-refractivity contribution in [3.05, 3.63) is 58.2 Å². The van der Waals surface area contributed by atoms with Gasteiger partial charge in [0.2, 0.25) is 0 Å². The summed E-state index contributed by atoms with van der Waals surface area (Å²) in [5.74, 6) is 0.339. The molecule has 20 heavy (non-hydrogen) atoms. The number of nitrogens with one attached hydrogen (secondary N) is 1. The van der Waals surface area contributed by atoms with E-state index in [4.69, 9.17) is 4.42 Å². The van der Waals surface area contributed by atoms with E-state index in [-0.39, 0.29) is 18.4 Å². The average Bonchev–Trinajstić information content (AvgIpc) is 2.90. The van der Waals surface area contributed by atoms with Crippen LogP contribution < -0.4 is 5.32 Å². The first-order valence-electron chi connectivity index (χ1n) is 6.01. The van der Waals surface area contributed by atoms with Crippen LogP contribution in [0.15, 0.2) is 45.5 Å². The Hall–Kier alpha value is -1.82. The van der Waals surface area contributed by atoms with Crippen LogP contribution in [0.2, 0.25) is 0 Å². The third-order valence-corrected chi connectivity index (χ3v) is 3.26. The van der Waals surface area contributed by atoms with Crippen molar-refractivity contribution in [2.75, 3.05) is 7.05 Å². The number of hydrogen-bond acceptors (Lipinski definition) is 2. The van der Waals surface area contributed by atoms with E-state index in [0.717, 1.165) is 0 Å². The molecule has 2 aromatic rings. The summed E-state index contributed by atoms with van der Waals surface area (Å²) in [7, 11) is 1.65. The fraction of sp³-hybridized carbons (Fsp3) is 0.214. The summed E-state index contributed by atoms with van der Waals surface area (Å²) < 4.78 is 19.4. The van der Waals surface area contributed by atoms with Crippen molar-refractivity contribution in [3.63, 3.8) is 0 Å². The Kier molecular flexibility index (Phi) is 4.79. The highest BCUT2D eigenvalue weighted by molar-refractivity contribution is 9.10. The van der Waals surface area contributed by atoms with E-state index < -0.39 is 0 Å². The van der Waals surface area contributed by atoms with Gasteiger partial charge in [-0.15, -0.1) is 0 Å². The second kappa shape index (κ2) is 6.56. The molecule has 0 aliphatic carbocycles. The molecular weight excluding hydrogens is 327 g/mol. The molecule has 6 heteroatoms. The molecule has 2 amide bonds. The number of nitrogens with zero attached hydrogens (tertiary/aromatic N) is 1. The molecule has 2 rings (SSSR count). The Morgan fingerprint density at radius 2 is 2.25 bits per heavy atom. The highest BCUT2D eigenvalue weighted by Gasteiger charge is 2.11. The predicted molar refractivity (Wildman–Crippen MR) is 76.5 cm³/mol. The summed E-state index contributed by atoms with van der Waals surface area (Å²) in [5, 5.41) is 2.66. The van der Waals surface area contributed by atoms with Gasteiger partial charge in [0.15, 0.2) is 0 Å². The van der Waals surface area contributed by atoms with Crippen molar-refractivity contribution in [1.29, 1.82) is 0 Å². The third kappa shape index (κ3) is 3.84. The number of amides is 2. The maximum atomic E-state index is 13.6. The van der Waals surface area contributed by atoms with Crippen LogP contribution in [0, 0.1) is 5.82 Å². The van der Waals surface area contributed by atoms with Gasteiger partial charge in [-0.25, -0.2) is 9.18 Å². The van der Waals surface area contributed by atoms with Crippen molar-refractivity contribution in [1.82, 2.24) is 10.2 Å². The van der Waals surface area contributed by atoms with E-state index in [1.165, 1.54) is 11.0 Å². The molecular formula is C14H14BrFN2O2. The van der Waals surface area contributed by atoms with E-state index in [1.807, 2.05) is 0 Å². The first-order chi connectivity index (χ1) is 9.56. The Bertz CT molecular complexity index is 587. The summed E-state index contributed by atoms with van der Waals surface area (Å²) >= 11 is 3.19. The monoisotopic (exact) mass is 340 g/mol. The highest BCUT2D eigenvalue weighted by Crippen LogP contribution is 2.15. The molecule has 0 atom stereocenters. The first kappa shape index (κ1) is 14.6. The largest absolute Gasteiger partial charge is 0.467 e. The molecule has 106 valence electrons. The lowest BCUT2D eigenvalue weighted by Gasteiger charge is -2.16. The number of furan rings is 1. The van der Waals surface area contributed by atoms with Crippen molar-refractivity contribution < 1.29 is 13.6 Å². The zero-order chi connectivity index (χ0) is 14.5. The van der Waals surface area contributed by atoms with Crippen LogP contribution in [0.4, 0.5) is 9.18 Å². The van der Waals surface area contributed by atoms with E-state index in [0.29, 0.717) is 22.3 Å². The SMILES string of the molecule is CN(Cc1ccco1)C(=O)NCc1ccc(Br)cc1F. The normalized spacial score (nSPS) is 10.3. The van der Waals surface area contributed by atoms with Gasteiger partial charge in [-0.2, -0.15) is 0 Å². The number of urea groups is 1. The van der Waals surface area contributed by atoms with E-state index in [9.17, 15) is 9.18 Å². The minimum atomic E-state index is -0.353. The molecule has 1 heterocycles. The summed E-state index contributed by atoms with van der Waals surface area (Å²) in [6.07, 6.45) is 1.55. The Labute approximate surface area is 124 Å². The maximum Gasteiger partial charge on any atom is 0.317 e. The van der Waals surface area contributed by atoms with Crippen molar-refractivity contribution >= 4 is 22.0 Å². The zero-order valence-electron chi connectivity index (χ0n) is 10.9. The summed E-state index contributed by atoms with van der Waals surface area (Å²) in [6.45, 7) is 0.502. The zero-order valence-corrected chi connectivity index (χ0v) is 12.5. The van der Waals surface area contributed by atoms with Crippen LogP contribution in [0.1, 0.15) is 11.3 Å². The van der Waals surface area contributed by atoms with Crippen LogP contribution in [-0.2, 0) is 13.1 Å². The average molecular weight is 341 g/mol. The molecule has 0 aliphatic rings. The highest BCUT2D eigenvalue weighted by atomic mass is 79.9. The molecule has 0 saturated heterocycles. The smallest absolute Gasteiger partial charge is 0.317 e. The van der Waals surface area contributed by atoms with Crippen LogP contribution in [0.25, 0.3) is 0 Å². The van der Waals surface area contributed by atoms with Crippen molar-refractivity contribution in [2.24, 2.45) is 0 Å². The lowest BCUT2D eigenvalue weighted by Crippen LogP contribution is -2.36. The molecule has 0 spiro atoms. The van der Waals surface area contributed by atoms with Gasteiger partial charge < -0.3 is 14.6 Å². The topological polar surface area (TPSA) is 45.5 Å². The van der Waals surface area contributed by atoms with Gasteiger partial charge in [0.25, 0.3) is 0 Å². The molecule has 0 radical (unpaired) electrons. The van der Waals surface area contributed by atoms with Gasteiger partial charge in [-0.3, -0.25) is 0 Å². The van der Waals surface area contributed by atoms with Gasteiger partial charge in [-0.1, -0.05) is 22.0 Å². The van der Waals surface area contributed by atoms with E-state index >= 15 is 0 Å². The number of hydrogen-bond donors (Lipinski definition) is 1. The predicted octanol–water partition coefficient (Wildman–Crippen LogP) is 3.52. The summed E-state index contributed by atoms with van der Waals surface area (Å²) in [6, 6.07) is 8.00. The number of carbonyl (C=O) groups excluding carboxylic acids is 1. The lowest BCUT2D eigenvalue weighted by molar-refractivity contribution is 0.202. The number of carbonyl (C=O) groups is 1. The molecule has 0 bridgehead atoms. The molecule has 1 aromatic heterocycles. The number of halogens is 2. The molecule has 4 nitrogen and oxygen atoms in total. The van der Waals surface area contributed by atoms with E-state index in [1.54, 1.807) is 37.6 Å². The summed E-state index contributed by atoms with van der Waals surface area (Å²) in [4.78, 5) is 13.3. The van der Waals surface area contributed by atoms with Gasteiger partial charge in [0, 0.05) is 23.6 Å². The quantitative estimate of drug-likeness (QED) is 0.925. The van der Waals surface area contributed by atoms with Gasteiger partial charge in [0.1, 0.15) is 11.6 Å². The van der Waals surface area contributed by atoms with Gasteiger partial charge >= 0.3 is 6.03 Å². The van der Waals surface area contributed by atoms with Gasteiger partial charge in [-0.05, 0) is 24.3 Å². The standard InChI is InChI=1S/C14H14BrFN2O2/c1-18(9-12-3-2-6-20-12)14(19)17-8-10-4-5-11(15)7-13(10)16/h2-7H,8-9H2,1H3,(H,17,19). The molecule has 0 saturated carbocycles. The second-order valence-corrected chi connectivity index (χ2v) is 5.25. The Balaban J connectivity index is 1.88. The number of benzene rings is 1. The fourth-order valence-electron chi connectivity index (χ4n) is 1.68. The van der Waals surface area contributed by atoms with Crippen LogP contribution in [0.3, 0.4) is 0 Å². The number of rotatable bonds is 4. The molecule has 0 fully saturated rings.